The number of benzene rings is 1. The maximum absolute atomic E-state index is 11.1. The van der Waals surface area contributed by atoms with Crippen LogP contribution < -0.4 is 0 Å². The van der Waals surface area contributed by atoms with Crippen LogP contribution in [0.5, 0.6) is 0 Å². The fourth-order valence-electron chi connectivity index (χ4n) is 2.34. The summed E-state index contributed by atoms with van der Waals surface area (Å²) in [5.74, 6) is -0.958. The van der Waals surface area contributed by atoms with Crippen LogP contribution in [0.25, 0.3) is 0 Å². The summed E-state index contributed by atoms with van der Waals surface area (Å²) in [6, 6.07) is 6.23. The van der Waals surface area contributed by atoms with Gasteiger partial charge in [0.05, 0.1) is 5.92 Å². The Kier molecular flexibility index (Phi) is 2.76. The highest BCUT2D eigenvalue weighted by Crippen LogP contribution is 2.32. The van der Waals surface area contributed by atoms with Gasteiger partial charge < -0.3 is 5.11 Å². The molecule has 0 heterocycles. The van der Waals surface area contributed by atoms with Crippen molar-refractivity contribution in [3.63, 3.8) is 0 Å². The van der Waals surface area contributed by atoms with Crippen molar-refractivity contribution in [1.82, 2.24) is 0 Å². The van der Waals surface area contributed by atoms with Crippen molar-refractivity contribution in [2.45, 2.75) is 38.5 Å². The van der Waals surface area contributed by atoms with Crippen LogP contribution in [0.1, 0.15) is 42.4 Å². The van der Waals surface area contributed by atoms with Crippen molar-refractivity contribution in [1.29, 1.82) is 0 Å². The number of carboxylic acid groups (broad SMARTS) is 1. The molecule has 80 valence electrons. The second-order valence-corrected chi connectivity index (χ2v) is 4.17. The van der Waals surface area contributed by atoms with Crippen LogP contribution in [0.15, 0.2) is 18.2 Å². The molecular weight excluding hydrogens is 188 g/mol. The third-order valence-corrected chi connectivity index (χ3v) is 3.23. The second kappa shape index (κ2) is 4.05. The van der Waals surface area contributed by atoms with Gasteiger partial charge in [0.2, 0.25) is 0 Å². The van der Waals surface area contributed by atoms with E-state index in [1.807, 2.05) is 6.07 Å². The van der Waals surface area contributed by atoms with E-state index in [0.717, 1.165) is 31.2 Å². The molecule has 0 amide bonds. The summed E-state index contributed by atoms with van der Waals surface area (Å²) in [4.78, 5) is 11.1. The van der Waals surface area contributed by atoms with Gasteiger partial charge in [-0.2, -0.15) is 0 Å². The minimum Gasteiger partial charge on any atom is -0.481 e. The third kappa shape index (κ3) is 1.89. The first-order valence-electron chi connectivity index (χ1n) is 5.57. The van der Waals surface area contributed by atoms with Crippen LogP contribution in [0, 0.1) is 0 Å². The molecular formula is C13H16O2. The molecule has 0 fully saturated rings. The predicted molar refractivity (Wildman–Crippen MR) is 59.1 cm³/mol. The SMILES string of the molecule is CCc1ccc2c(c1)CCCC2C(=O)O. The Labute approximate surface area is 89.9 Å². The lowest BCUT2D eigenvalue weighted by Gasteiger charge is -2.22. The molecule has 0 aromatic heterocycles. The van der Waals surface area contributed by atoms with Gasteiger partial charge in [-0.1, -0.05) is 25.1 Å². The molecule has 2 nitrogen and oxygen atoms in total. The van der Waals surface area contributed by atoms with E-state index in [4.69, 9.17) is 5.11 Å². The first-order chi connectivity index (χ1) is 7.22. The van der Waals surface area contributed by atoms with E-state index in [1.54, 1.807) is 0 Å². The highest BCUT2D eigenvalue weighted by molar-refractivity contribution is 5.77. The quantitative estimate of drug-likeness (QED) is 0.804. The minimum absolute atomic E-state index is 0.278. The largest absolute Gasteiger partial charge is 0.481 e. The predicted octanol–water partition coefficient (Wildman–Crippen LogP) is 2.75. The van der Waals surface area contributed by atoms with Crippen LogP contribution in [0.4, 0.5) is 0 Å². The van der Waals surface area contributed by atoms with E-state index < -0.39 is 5.97 Å². The number of carboxylic acids is 1. The molecule has 1 aliphatic rings. The van der Waals surface area contributed by atoms with Crippen molar-refractivity contribution < 1.29 is 9.90 Å². The fourth-order valence-corrected chi connectivity index (χ4v) is 2.34. The Bertz CT molecular complexity index is 382. The summed E-state index contributed by atoms with van der Waals surface area (Å²) >= 11 is 0. The first-order valence-corrected chi connectivity index (χ1v) is 5.57. The van der Waals surface area contributed by atoms with Gasteiger partial charge in [-0.3, -0.25) is 4.79 Å². The second-order valence-electron chi connectivity index (χ2n) is 4.17. The molecule has 2 heteroatoms. The van der Waals surface area contributed by atoms with Gasteiger partial charge in [-0.15, -0.1) is 0 Å². The number of hydrogen-bond acceptors (Lipinski definition) is 1. The van der Waals surface area contributed by atoms with Gasteiger partial charge in [0.15, 0.2) is 0 Å². The van der Waals surface area contributed by atoms with Crippen LogP contribution >= 0.6 is 0 Å². The summed E-state index contributed by atoms with van der Waals surface area (Å²) in [7, 11) is 0. The van der Waals surface area contributed by atoms with Crippen LogP contribution in [-0.4, -0.2) is 11.1 Å². The topological polar surface area (TPSA) is 37.3 Å². The molecule has 1 atom stereocenters. The van der Waals surface area contributed by atoms with Crippen molar-refractivity contribution >= 4 is 5.97 Å². The smallest absolute Gasteiger partial charge is 0.310 e. The molecule has 2 rings (SSSR count). The van der Waals surface area contributed by atoms with E-state index in [9.17, 15) is 4.79 Å². The van der Waals surface area contributed by atoms with Gasteiger partial charge in [-0.05, 0) is 42.4 Å². The Morgan fingerprint density at radius 2 is 2.33 bits per heavy atom. The molecule has 0 saturated carbocycles. The highest BCUT2D eigenvalue weighted by atomic mass is 16.4. The van der Waals surface area contributed by atoms with Crippen molar-refractivity contribution in [3.8, 4) is 0 Å². The molecule has 0 spiro atoms. The normalized spacial score (nSPS) is 19.7. The van der Waals surface area contributed by atoms with Gasteiger partial charge in [0, 0.05) is 0 Å². The summed E-state index contributed by atoms with van der Waals surface area (Å²) in [5.41, 5.74) is 3.58. The zero-order chi connectivity index (χ0) is 10.8. The average molecular weight is 204 g/mol. The molecule has 15 heavy (non-hydrogen) atoms. The monoisotopic (exact) mass is 204 g/mol. The third-order valence-electron chi connectivity index (χ3n) is 3.23. The lowest BCUT2D eigenvalue weighted by molar-refractivity contribution is -0.139. The van der Waals surface area contributed by atoms with Gasteiger partial charge in [0.1, 0.15) is 0 Å². The number of hydrogen-bond donors (Lipinski definition) is 1. The Morgan fingerprint density at radius 1 is 1.53 bits per heavy atom. The van der Waals surface area contributed by atoms with E-state index in [-0.39, 0.29) is 5.92 Å². The van der Waals surface area contributed by atoms with Crippen molar-refractivity contribution in [2.75, 3.05) is 0 Å². The molecule has 1 unspecified atom stereocenters. The van der Waals surface area contributed by atoms with E-state index >= 15 is 0 Å². The molecule has 1 aromatic rings. The summed E-state index contributed by atoms with van der Waals surface area (Å²) in [6.07, 6.45) is 3.84. The Hall–Kier alpha value is -1.31. The van der Waals surface area contributed by atoms with E-state index in [2.05, 4.69) is 19.1 Å². The van der Waals surface area contributed by atoms with Crippen LogP contribution in [0.2, 0.25) is 0 Å². The van der Waals surface area contributed by atoms with Gasteiger partial charge in [0.25, 0.3) is 0 Å². The summed E-state index contributed by atoms with van der Waals surface area (Å²) in [6.45, 7) is 2.12. The number of rotatable bonds is 2. The lowest BCUT2D eigenvalue weighted by atomic mass is 9.82. The Balaban J connectivity index is 2.40. The average Bonchev–Trinajstić information content (AvgIpc) is 2.27. The number of aliphatic carboxylic acids is 1. The van der Waals surface area contributed by atoms with Gasteiger partial charge in [-0.25, -0.2) is 0 Å². The van der Waals surface area contributed by atoms with Crippen molar-refractivity contribution in [3.05, 3.63) is 34.9 Å². The fraction of sp³-hybridized carbons (Fsp3) is 0.462. The Morgan fingerprint density at radius 3 is 3.00 bits per heavy atom. The molecule has 0 aliphatic heterocycles. The number of carbonyl (C=O) groups is 1. The van der Waals surface area contributed by atoms with Crippen LogP contribution in [-0.2, 0) is 17.6 Å². The van der Waals surface area contributed by atoms with Gasteiger partial charge >= 0.3 is 5.97 Å². The first kappa shape index (κ1) is 10.2. The highest BCUT2D eigenvalue weighted by Gasteiger charge is 2.25. The summed E-state index contributed by atoms with van der Waals surface area (Å²) < 4.78 is 0. The molecule has 0 bridgehead atoms. The zero-order valence-electron chi connectivity index (χ0n) is 8.99. The molecule has 1 N–H and O–H groups in total. The molecule has 0 radical (unpaired) electrons. The summed E-state index contributed by atoms with van der Waals surface area (Å²) in [5, 5.41) is 9.11. The molecule has 1 aliphatic carbocycles. The molecule has 1 aromatic carbocycles. The molecule has 0 saturated heterocycles. The minimum atomic E-state index is -0.680. The number of fused-ring (bicyclic) bond motifs is 1. The maximum atomic E-state index is 11.1. The maximum Gasteiger partial charge on any atom is 0.310 e. The zero-order valence-corrected chi connectivity index (χ0v) is 8.99. The van der Waals surface area contributed by atoms with Crippen LogP contribution in [0.3, 0.4) is 0 Å². The lowest BCUT2D eigenvalue weighted by Crippen LogP contribution is -2.18. The van der Waals surface area contributed by atoms with E-state index in [0.29, 0.717) is 0 Å². The van der Waals surface area contributed by atoms with Crippen molar-refractivity contribution in [2.24, 2.45) is 0 Å². The standard InChI is InChI=1S/C13H16O2/c1-2-9-6-7-11-10(8-9)4-3-5-12(11)13(14)15/h6-8,12H,2-5H2,1H3,(H,14,15). The number of aryl methyl sites for hydroxylation is 2. The van der Waals surface area contributed by atoms with E-state index in [1.165, 1.54) is 11.1 Å².